The van der Waals surface area contributed by atoms with Crippen LogP contribution in [0.4, 0.5) is 0 Å². The van der Waals surface area contributed by atoms with Crippen molar-refractivity contribution in [3.05, 3.63) is 0 Å². The first-order valence-electron chi connectivity index (χ1n) is 8.67. The van der Waals surface area contributed by atoms with Crippen molar-refractivity contribution >= 4 is 16.2 Å². The maximum Gasteiger partial charge on any atom is 0.317 e. The molecule has 3 rings (SSSR count). The molecule has 3 aliphatic carbocycles. The van der Waals surface area contributed by atoms with E-state index < -0.39 is 16.2 Å². The Balaban J connectivity index is 1.44. The van der Waals surface area contributed by atoms with Crippen molar-refractivity contribution in [2.24, 2.45) is 5.92 Å². The molecule has 0 atom stereocenters. The van der Waals surface area contributed by atoms with Crippen LogP contribution in [0.3, 0.4) is 0 Å². The molecule has 23 heavy (non-hydrogen) atoms. The molecule has 0 aromatic rings. The van der Waals surface area contributed by atoms with Crippen molar-refractivity contribution in [2.45, 2.75) is 69.5 Å². The summed E-state index contributed by atoms with van der Waals surface area (Å²) in [5, 5.41) is 9.03. The van der Waals surface area contributed by atoms with Crippen LogP contribution in [0.1, 0.15) is 51.4 Å². The Morgan fingerprint density at radius 2 is 1.65 bits per heavy atom. The zero-order valence-electron chi connectivity index (χ0n) is 13.4. The molecule has 0 amide bonds. The van der Waals surface area contributed by atoms with Crippen LogP contribution in [0.2, 0.25) is 0 Å². The van der Waals surface area contributed by atoms with E-state index in [1.807, 2.05) is 4.90 Å². The van der Waals surface area contributed by atoms with Crippen LogP contribution in [0.15, 0.2) is 0 Å². The fourth-order valence-corrected chi connectivity index (χ4v) is 5.02. The second-order valence-electron chi connectivity index (χ2n) is 7.31. The molecule has 3 aliphatic rings. The van der Waals surface area contributed by atoms with E-state index in [1.165, 1.54) is 12.8 Å². The minimum atomic E-state index is -3.44. The van der Waals surface area contributed by atoms with E-state index in [-0.39, 0.29) is 24.7 Å². The Bertz CT molecular complexity index is 523. The molecule has 3 saturated carbocycles. The van der Waals surface area contributed by atoms with Crippen molar-refractivity contribution in [2.75, 3.05) is 13.1 Å². The molecule has 0 heterocycles. The molecule has 0 aromatic heterocycles. The third-order valence-electron chi connectivity index (χ3n) is 5.16. The Hall–Kier alpha value is -0.700. The molecule has 0 aromatic carbocycles. The van der Waals surface area contributed by atoms with Gasteiger partial charge in [0.2, 0.25) is 0 Å². The van der Waals surface area contributed by atoms with Gasteiger partial charge in [0.05, 0.1) is 6.54 Å². The minimum absolute atomic E-state index is 0.0565. The Kier molecular flexibility index (Phi) is 5.25. The standard InChI is InChI=1S/C15H27N3O4S/c19-15(20)10-18(9-11-5-6-11)14-7-13(8-14)17-23(21,22)16-12-3-1-2-4-12/h11-14,16-17H,1-10H2,(H,19,20). The van der Waals surface area contributed by atoms with Crippen LogP contribution in [0.5, 0.6) is 0 Å². The topological polar surface area (TPSA) is 98.7 Å². The van der Waals surface area contributed by atoms with Gasteiger partial charge in [-0.25, -0.2) is 0 Å². The SMILES string of the molecule is O=C(O)CN(CC1CC1)C1CC(NS(=O)(=O)NC2CCCC2)C1. The fourth-order valence-electron chi connectivity index (χ4n) is 3.65. The van der Waals surface area contributed by atoms with Gasteiger partial charge in [0.1, 0.15) is 0 Å². The highest BCUT2D eigenvalue weighted by molar-refractivity contribution is 7.87. The van der Waals surface area contributed by atoms with E-state index >= 15 is 0 Å². The van der Waals surface area contributed by atoms with Crippen LogP contribution in [-0.4, -0.2) is 55.6 Å². The van der Waals surface area contributed by atoms with Crippen molar-refractivity contribution in [3.63, 3.8) is 0 Å². The lowest BCUT2D eigenvalue weighted by molar-refractivity contribution is -0.139. The summed E-state index contributed by atoms with van der Waals surface area (Å²) in [4.78, 5) is 13.0. The van der Waals surface area contributed by atoms with Gasteiger partial charge in [-0.05, 0) is 44.4 Å². The average Bonchev–Trinajstić information content (AvgIpc) is 3.07. The van der Waals surface area contributed by atoms with Gasteiger partial charge in [0, 0.05) is 24.7 Å². The lowest BCUT2D eigenvalue weighted by Crippen LogP contribution is -2.57. The summed E-state index contributed by atoms with van der Waals surface area (Å²) >= 11 is 0. The fraction of sp³-hybridized carbons (Fsp3) is 0.933. The van der Waals surface area contributed by atoms with Crippen molar-refractivity contribution in [1.82, 2.24) is 14.3 Å². The molecule has 3 N–H and O–H groups in total. The molecule has 0 aliphatic heterocycles. The van der Waals surface area contributed by atoms with E-state index in [1.54, 1.807) is 0 Å². The van der Waals surface area contributed by atoms with E-state index in [4.69, 9.17) is 5.11 Å². The molecule has 0 bridgehead atoms. The summed E-state index contributed by atoms with van der Waals surface area (Å²) in [6, 6.07) is 0.182. The number of nitrogens with zero attached hydrogens (tertiary/aromatic N) is 1. The van der Waals surface area contributed by atoms with E-state index in [0.29, 0.717) is 18.8 Å². The smallest absolute Gasteiger partial charge is 0.317 e. The lowest BCUT2D eigenvalue weighted by atomic mass is 9.86. The lowest BCUT2D eigenvalue weighted by Gasteiger charge is -2.42. The maximum atomic E-state index is 12.1. The van der Waals surface area contributed by atoms with Crippen molar-refractivity contribution in [1.29, 1.82) is 0 Å². The van der Waals surface area contributed by atoms with E-state index in [2.05, 4.69) is 9.44 Å². The first kappa shape index (κ1) is 17.1. The highest BCUT2D eigenvalue weighted by Crippen LogP contribution is 2.34. The second kappa shape index (κ2) is 7.04. The Morgan fingerprint density at radius 3 is 2.22 bits per heavy atom. The molecular weight excluding hydrogens is 318 g/mol. The number of carboxylic acid groups (broad SMARTS) is 1. The van der Waals surface area contributed by atoms with Crippen LogP contribution in [0, 0.1) is 5.92 Å². The van der Waals surface area contributed by atoms with Crippen LogP contribution in [0.25, 0.3) is 0 Å². The van der Waals surface area contributed by atoms with Gasteiger partial charge < -0.3 is 5.11 Å². The molecule has 7 nitrogen and oxygen atoms in total. The normalized spacial score (nSPS) is 28.9. The number of hydrogen-bond acceptors (Lipinski definition) is 4. The third kappa shape index (κ3) is 5.14. The average molecular weight is 345 g/mol. The van der Waals surface area contributed by atoms with E-state index in [0.717, 1.165) is 32.2 Å². The number of nitrogens with one attached hydrogen (secondary N) is 2. The summed E-state index contributed by atoms with van der Waals surface area (Å²) in [7, 11) is -3.44. The first-order chi connectivity index (χ1) is 10.9. The van der Waals surface area contributed by atoms with Crippen LogP contribution >= 0.6 is 0 Å². The molecule has 0 radical (unpaired) electrons. The molecule has 8 heteroatoms. The number of hydrogen-bond donors (Lipinski definition) is 3. The van der Waals surface area contributed by atoms with Gasteiger partial charge in [-0.2, -0.15) is 17.9 Å². The van der Waals surface area contributed by atoms with E-state index in [9.17, 15) is 13.2 Å². The predicted octanol–water partition coefficient (Wildman–Crippen LogP) is 0.681. The van der Waals surface area contributed by atoms with Gasteiger partial charge in [-0.3, -0.25) is 9.69 Å². The van der Waals surface area contributed by atoms with Crippen LogP contribution < -0.4 is 9.44 Å². The monoisotopic (exact) mass is 345 g/mol. The zero-order chi connectivity index (χ0) is 16.4. The zero-order valence-corrected chi connectivity index (χ0v) is 14.2. The molecule has 0 unspecified atom stereocenters. The number of carboxylic acids is 1. The van der Waals surface area contributed by atoms with Gasteiger partial charge in [0.25, 0.3) is 10.2 Å². The molecule has 132 valence electrons. The molecule has 0 saturated heterocycles. The van der Waals surface area contributed by atoms with Crippen molar-refractivity contribution in [3.8, 4) is 0 Å². The number of rotatable bonds is 9. The van der Waals surface area contributed by atoms with Crippen molar-refractivity contribution < 1.29 is 18.3 Å². The Morgan fingerprint density at radius 1 is 1.04 bits per heavy atom. The highest BCUT2D eigenvalue weighted by Gasteiger charge is 2.39. The summed E-state index contributed by atoms with van der Waals surface area (Å²) in [6.07, 6.45) is 7.78. The Labute approximate surface area is 138 Å². The predicted molar refractivity (Wildman–Crippen MR) is 86.2 cm³/mol. The molecule has 3 fully saturated rings. The number of aliphatic carboxylic acids is 1. The van der Waals surface area contributed by atoms with Gasteiger partial charge >= 0.3 is 5.97 Å². The summed E-state index contributed by atoms with van der Waals surface area (Å²) < 4.78 is 29.6. The second-order valence-corrected chi connectivity index (χ2v) is 8.79. The van der Waals surface area contributed by atoms with Gasteiger partial charge in [-0.15, -0.1) is 0 Å². The highest BCUT2D eigenvalue weighted by atomic mass is 32.2. The quantitative estimate of drug-likeness (QED) is 0.571. The van der Waals surface area contributed by atoms with Gasteiger partial charge in [0.15, 0.2) is 0 Å². The summed E-state index contributed by atoms with van der Waals surface area (Å²) in [5.74, 6) is -0.174. The van der Waals surface area contributed by atoms with Crippen LogP contribution in [-0.2, 0) is 15.0 Å². The molecule has 0 spiro atoms. The minimum Gasteiger partial charge on any atom is -0.480 e. The molecular formula is C15H27N3O4S. The maximum absolute atomic E-state index is 12.1. The first-order valence-corrected chi connectivity index (χ1v) is 10.1. The third-order valence-corrected chi connectivity index (χ3v) is 6.44. The summed E-state index contributed by atoms with van der Waals surface area (Å²) in [5.41, 5.74) is 0. The summed E-state index contributed by atoms with van der Waals surface area (Å²) in [6.45, 7) is 0.887. The largest absolute Gasteiger partial charge is 0.480 e. The van der Waals surface area contributed by atoms with Gasteiger partial charge in [-0.1, -0.05) is 12.8 Å². The number of carbonyl (C=O) groups is 1.